The highest BCUT2D eigenvalue weighted by Gasteiger charge is 2.45. The van der Waals surface area contributed by atoms with Crippen LogP contribution in [0.5, 0.6) is 5.75 Å². The molecule has 0 saturated heterocycles. The molecule has 138 valence electrons. The van der Waals surface area contributed by atoms with Crippen LogP contribution in [0.4, 0.5) is 5.13 Å². The Bertz CT molecular complexity index is 1020. The Kier molecular flexibility index (Phi) is 4.27. The van der Waals surface area contributed by atoms with E-state index in [2.05, 4.69) is 15.3 Å². The lowest BCUT2D eigenvalue weighted by atomic mass is 9.91. The third-order valence-electron chi connectivity index (χ3n) is 4.49. The number of fused-ring (bicyclic) bond motifs is 2. The van der Waals surface area contributed by atoms with Crippen molar-refractivity contribution in [3.05, 3.63) is 42.6 Å². The quantitative estimate of drug-likeness (QED) is 0.878. The van der Waals surface area contributed by atoms with Gasteiger partial charge in [-0.1, -0.05) is 17.4 Å². The number of amides is 2. The number of anilines is 1. The number of hydrogen-bond donors (Lipinski definition) is 1. The number of allylic oxidation sites excluding steroid dienone is 2. The smallest absolute Gasteiger partial charge is 0.252 e. The molecule has 2 aromatic rings. The third-order valence-corrected chi connectivity index (χ3v) is 5.42. The number of hydrogen-bond acceptors (Lipinski definition) is 6. The summed E-state index contributed by atoms with van der Waals surface area (Å²) in [5.74, 6) is 0.622. The van der Waals surface area contributed by atoms with Crippen molar-refractivity contribution in [2.45, 2.75) is 25.8 Å². The molecule has 0 saturated carbocycles. The number of aromatic nitrogens is 1. The Balaban J connectivity index is 1.60. The van der Waals surface area contributed by atoms with Crippen LogP contribution in [-0.2, 0) is 9.59 Å². The van der Waals surface area contributed by atoms with Crippen LogP contribution in [0.25, 0.3) is 10.2 Å². The first-order chi connectivity index (χ1) is 13.0. The average Bonchev–Trinajstić information content (AvgIpc) is 3.03. The molecule has 8 heteroatoms. The van der Waals surface area contributed by atoms with Crippen molar-refractivity contribution in [1.29, 1.82) is 0 Å². The van der Waals surface area contributed by atoms with E-state index in [1.165, 1.54) is 11.3 Å². The Morgan fingerprint density at radius 1 is 1.41 bits per heavy atom. The monoisotopic (exact) mass is 382 g/mol. The number of aliphatic imine (C=N–C) groups is 1. The number of carbonyl (C=O) groups is 2. The van der Waals surface area contributed by atoms with Crippen LogP contribution in [0.1, 0.15) is 20.3 Å². The SMILES string of the molecule is CCOc1ccc2nc(NC(=O)C3(C)CC(=O)N=C4C=CC=CN43)sc2c1. The normalized spacial score (nSPS) is 21.2. The van der Waals surface area contributed by atoms with Crippen LogP contribution < -0.4 is 10.1 Å². The molecule has 0 radical (unpaired) electrons. The third kappa shape index (κ3) is 3.12. The lowest BCUT2D eigenvalue weighted by Gasteiger charge is -2.41. The summed E-state index contributed by atoms with van der Waals surface area (Å²) >= 11 is 1.37. The molecule has 3 heterocycles. The van der Waals surface area contributed by atoms with E-state index in [9.17, 15) is 9.59 Å². The minimum absolute atomic E-state index is 0.000103. The molecule has 7 nitrogen and oxygen atoms in total. The number of amidine groups is 1. The van der Waals surface area contributed by atoms with E-state index in [0.29, 0.717) is 17.6 Å². The van der Waals surface area contributed by atoms with Crippen LogP contribution in [0.15, 0.2) is 47.6 Å². The molecule has 2 aliphatic heterocycles. The predicted octanol–water partition coefficient (Wildman–Crippen LogP) is 3.11. The number of rotatable bonds is 4. The summed E-state index contributed by atoms with van der Waals surface area (Å²) in [6.45, 7) is 4.25. The molecule has 1 atom stereocenters. The second kappa shape index (κ2) is 6.62. The second-order valence-corrected chi connectivity index (χ2v) is 7.45. The van der Waals surface area contributed by atoms with E-state index in [4.69, 9.17) is 4.74 Å². The Hall–Kier alpha value is -3.00. The maximum absolute atomic E-state index is 13.1. The first-order valence-corrected chi connectivity index (χ1v) is 9.42. The van der Waals surface area contributed by atoms with E-state index in [1.54, 1.807) is 30.2 Å². The highest BCUT2D eigenvalue weighted by Crippen LogP contribution is 2.32. The van der Waals surface area contributed by atoms with Crippen molar-refractivity contribution >= 4 is 44.3 Å². The van der Waals surface area contributed by atoms with Gasteiger partial charge in [-0.15, -0.1) is 0 Å². The van der Waals surface area contributed by atoms with Crippen molar-refractivity contribution in [3.8, 4) is 5.75 Å². The summed E-state index contributed by atoms with van der Waals surface area (Å²) in [6.07, 6.45) is 7.08. The summed E-state index contributed by atoms with van der Waals surface area (Å²) in [7, 11) is 0. The van der Waals surface area contributed by atoms with Gasteiger partial charge < -0.3 is 9.64 Å². The number of nitrogens with one attached hydrogen (secondary N) is 1. The first kappa shape index (κ1) is 17.4. The Morgan fingerprint density at radius 2 is 2.26 bits per heavy atom. The molecular weight excluding hydrogens is 364 g/mol. The van der Waals surface area contributed by atoms with Gasteiger partial charge in [-0.2, -0.15) is 4.99 Å². The van der Waals surface area contributed by atoms with Crippen LogP contribution >= 0.6 is 11.3 Å². The van der Waals surface area contributed by atoms with Gasteiger partial charge in [0.25, 0.3) is 11.8 Å². The van der Waals surface area contributed by atoms with Gasteiger partial charge in [0.1, 0.15) is 17.1 Å². The van der Waals surface area contributed by atoms with Gasteiger partial charge in [0.15, 0.2) is 5.13 Å². The van der Waals surface area contributed by atoms with Crippen LogP contribution in [0.2, 0.25) is 0 Å². The molecule has 2 aliphatic rings. The topological polar surface area (TPSA) is 83.9 Å². The minimum Gasteiger partial charge on any atom is -0.494 e. The molecule has 1 aromatic carbocycles. The number of thiazole rings is 1. The van der Waals surface area contributed by atoms with Crippen molar-refractivity contribution in [2.24, 2.45) is 4.99 Å². The molecule has 27 heavy (non-hydrogen) atoms. The maximum atomic E-state index is 13.1. The molecule has 0 fully saturated rings. The molecule has 1 aromatic heterocycles. The lowest BCUT2D eigenvalue weighted by Crippen LogP contribution is -2.58. The van der Waals surface area contributed by atoms with Crippen molar-refractivity contribution in [2.75, 3.05) is 11.9 Å². The largest absolute Gasteiger partial charge is 0.494 e. The number of ether oxygens (including phenoxy) is 1. The summed E-state index contributed by atoms with van der Waals surface area (Å²) in [5, 5.41) is 3.35. The van der Waals surface area contributed by atoms with Gasteiger partial charge in [0, 0.05) is 6.20 Å². The Morgan fingerprint density at radius 3 is 3.07 bits per heavy atom. The molecular formula is C19H18N4O3S. The zero-order valence-corrected chi connectivity index (χ0v) is 15.7. The fourth-order valence-electron chi connectivity index (χ4n) is 3.13. The highest BCUT2D eigenvalue weighted by molar-refractivity contribution is 7.22. The van der Waals surface area contributed by atoms with E-state index >= 15 is 0 Å². The van der Waals surface area contributed by atoms with E-state index in [-0.39, 0.29) is 18.2 Å². The number of carbonyl (C=O) groups excluding carboxylic acids is 2. The average molecular weight is 382 g/mol. The fourth-order valence-corrected chi connectivity index (χ4v) is 4.02. The van der Waals surface area contributed by atoms with E-state index in [1.807, 2.05) is 31.2 Å². The molecule has 1 N–H and O–H groups in total. The van der Waals surface area contributed by atoms with Gasteiger partial charge in [0.05, 0.1) is 23.2 Å². The van der Waals surface area contributed by atoms with Crippen LogP contribution in [0, 0.1) is 0 Å². The fraction of sp³-hybridized carbons (Fsp3) is 0.263. The van der Waals surface area contributed by atoms with Crippen molar-refractivity contribution in [1.82, 2.24) is 9.88 Å². The van der Waals surface area contributed by atoms with E-state index < -0.39 is 5.54 Å². The van der Waals surface area contributed by atoms with Crippen molar-refractivity contribution in [3.63, 3.8) is 0 Å². The maximum Gasteiger partial charge on any atom is 0.252 e. The minimum atomic E-state index is -1.07. The zero-order valence-electron chi connectivity index (χ0n) is 14.9. The van der Waals surface area contributed by atoms with Crippen LogP contribution in [0.3, 0.4) is 0 Å². The molecule has 1 unspecified atom stereocenters. The lowest BCUT2D eigenvalue weighted by molar-refractivity contribution is -0.130. The summed E-state index contributed by atoms with van der Waals surface area (Å²) in [4.78, 5) is 35.3. The molecule has 4 rings (SSSR count). The van der Waals surface area contributed by atoms with Gasteiger partial charge in [0.2, 0.25) is 0 Å². The number of benzene rings is 1. The predicted molar refractivity (Wildman–Crippen MR) is 105 cm³/mol. The van der Waals surface area contributed by atoms with Crippen LogP contribution in [-0.4, -0.2) is 39.7 Å². The van der Waals surface area contributed by atoms with Gasteiger partial charge in [-0.05, 0) is 44.2 Å². The van der Waals surface area contributed by atoms with Gasteiger partial charge >= 0.3 is 0 Å². The van der Waals surface area contributed by atoms with Gasteiger partial charge in [-0.25, -0.2) is 4.98 Å². The Labute approximate surface area is 160 Å². The standard InChI is InChI=1S/C19H18N4O3S/c1-3-26-12-7-8-13-14(10-12)27-18(20-13)22-17(25)19(2)11-16(24)21-15-6-4-5-9-23(15)19/h4-10H,3,11H2,1-2H3,(H,20,22,25). The van der Waals surface area contributed by atoms with Gasteiger partial charge in [-0.3, -0.25) is 14.9 Å². The van der Waals surface area contributed by atoms with Crippen molar-refractivity contribution < 1.29 is 14.3 Å². The highest BCUT2D eigenvalue weighted by atomic mass is 32.1. The molecule has 2 amide bonds. The molecule has 0 aliphatic carbocycles. The molecule has 0 bridgehead atoms. The number of nitrogens with zero attached hydrogens (tertiary/aromatic N) is 3. The summed E-state index contributed by atoms with van der Waals surface area (Å²) in [6, 6.07) is 5.62. The summed E-state index contributed by atoms with van der Waals surface area (Å²) < 4.78 is 6.43. The molecule has 0 spiro atoms. The summed E-state index contributed by atoms with van der Waals surface area (Å²) in [5.41, 5.74) is -0.282. The zero-order chi connectivity index (χ0) is 19.0. The van der Waals surface area contributed by atoms with E-state index in [0.717, 1.165) is 16.0 Å². The first-order valence-electron chi connectivity index (χ1n) is 8.60. The second-order valence-electron chi connectivity index (χ2n) is 6.42.